The van der Waals surface area contributed by atoms with Crippen molar-refractivity contribution in [2.45, 2.75) is 40.2 Å². The minimum atomic E-state index is -0.377. The monoisotopic (exact) mass is 482 g/mol. The maximum absolute atomic E-state index is 13.6. The van der Waals surface area contributed by atoms with Crippen LogP contribution in [0.4, 0.5) is 11.4 Å². The van der Waals surface area contributed by atoms with Gasteiger partial charge in [0, 0.05) is 17.3 Å². The standard InChI is InChI=1S/C29H30N4O3/c1-5-21(4)31-28(34)22-10-9-11-23(17-22)32-27-26(36-25-15-19(2)14-20(3)16-25)18-30-33(29(27)35)24-12-7-6-8-13-24/h6-18,21,32H,5H2,1-4H3,(H,31,34)/t21-/m0/s1. The Morgan fingerprint density at radius 3 is 2.42 bits per heavy atom. The molecule has 7 nitrogen and oxygen atoms in total. The Bertz CT molecular complexity index is 1410. The van der Waals surface area contributed by atoms with E-state index in [1.807, 2.05) is 76.2 Å². The molecule has 1 amide bonds. The average molecular weight is 483 g/mol. The summed E-state index contributed by atoms with van der Waals surface area (Å²) in [5.41, 5.74) is 3.64. The first-order chi connectivity index (χ1) is 17.3. The summed E-state index contributed by atoms with van der Waals surface area (Å²) in [4.78, 5) is 26.3. The number of aryl methyl sites for hydroxylation is 2. The number of aromatic nitrogens is 2. The van der Waals surface area contributed by atoms with Gasteiger partial charge in [-0.3, -0.25) is 9.59 Å². The van der Waals surface area contributed by atoms with Crippen LogP contribution < -0.4 is 20.9 Å². The highest BCUT2D eigenvalue weighted by Gasteiger charge is 2.17. The van der Waals surface area contributed by atoms with Crippen molar-refractivity contribution in [2.75, 3.05) is 5.32 Å². The first-order valence-electron chi connectivity index (χ1n) is 12.0. The number of rotatable bonds is 8. The van der Waals surface area contributed by atoms with Crippen LogP contribution in [0.3, 0.4) is 0 Å². The van der Waals surface area contributed by atoms with Crippen molar-refractivity contribution < 1.29 is 9.53 Å². The summed E-state index contributed by atoms with van der Waals surface area (Å²) in [7, 11) is 0. The van der Waals surface area contributed by atoms with Gasteiger partial charge in [-0.15, -0.1) is 0 Å². The van der Waals surface area contributed by atoms with Gasteiger partial charge in [0.15, 0.2) is 11.4 Å². The van der Waals surface area contributed by atoms with Gasteiger partial charge in [0.2, 0.25) is 0 Å². The molecule has 0 fully saturated rings. The third-order valence-electron chi connectivity index (χ3n) is 5.75. The smallest absolute Gasteiger partial charge is 0.299 e. The van der Waals surface area contributed by atoms with E-state index in [1.54, 1.807) is 24.3 Å². The van der Waals surface area contributed by atoms with E-state index in [-0.39, 0.29) is 28.9 Å². The van der Waals surface area contributed by atoms with Crippen molar-refractivity contribution in [1.29, 1.82) is 0 Å². The number of benzene rings is 3. The van der Waals surface area contributed by atoms with Crippen LogP contribution in [0.15, 0.2) is 83.8 Å². The van der Waals surface area contributed by atoms with Crippen molar-refractivity contribution in [1.82, 2.24) is 15.1 Å². The minimum absolute atomic E-state index is 0.0603. The zero-order valence-electron chi connectivity index (χ0n) is 20.9. The Labute approximate surface area is 210 Å². The summed E-state index contributed by atoms with van der Waals surface area (Å²) in [6, 6.07) is 22.1. The molecule has 4 aromatic rings. The second kappa shape index (κ2) is 10.9. The molecule has 36 heavy (non-hydrogen) atoms. The van der Waals surface area contributed by atoms with Crippen LogP contribution in [0.5, 0.6) is 11.5 Å². The number of hydrogen-bond acceptors (Lipinski definition) is 5. The predicted molar refractivity (Wildman–Crippen MR) is 143 cm³/mol. The number of nitrogens with zero attached hydrogens (tertiary/aromatic N) is 2. The topological polar surface area (TPSA) is 85.2 Å². The second-order valence-electron chi connectivity index (χ2n) is 8.85. The number of carbonyl (C=O) groups is 1. The van der Waals surface area contributed by atoms with Crippen LogP contribution in [0.1, 0.15) is 41.8 Å². The third kappa shape index (κ3) is 5.81. The van der Waals surface area contributed by atoms with Crippen LogP contribution in [0.25, 0.3) is 5.69 Å². The van der Waals surface area contributed by atoms with E-state index in [0.29, 0.717) is 22.7 Å². The van der Waals surface area contributed by atoms with Crippen molar-refractivity contribution in [3.8, 4) is 17.2 Å². The molecule has 1 heterocycles. The molecule has 2 N–H and O–H groups in total. The molecule has 1 atom stereocenters. The summed E-state index contributed by atoms with van der Waals surface area (Å²) >= 11 is 0. The summed E-state index contributed by atoms with van der Waals surface area (Å²) in [6.07, 6.45) is 2.35. The van der Waals surface area contributed by atoms with Crippen LogP contribution in [0.2, 0.25) is 0 Å². The van der Waals surface area contributed by atoms with Gasteiger partial charge in [-0.05, 0) is 80.8 Å². The number of amides is 1. The van der Waals surface area contributed by atoms with Crippen molar-refractivity contribution in [3.05, 3.63) is 106 Å². The number of nitrogens with one attached hydrogen (secondary N) is 2. The summed E-state index contributed by atoms with van der Waals surface area (Å²) in [5, 5.41) is 10.5. The van der Waals surface area contributed by atoms with E-state index in [1.165, 1.54) is 10.9 Å². The lowest BCUT2D eigenvalue weighted by Gasteiger charge is -2.16. The number of carbonyl (C=O) groups excluding carboxylic acids is 1. The van der Waals surface area contributed by atoms with E-state index in [4.69, 9.17) is 4.74 Å². The molecule has 184 valence electrons. The normalized spacial score (nSPS) is 11.6. The lowest BCUT2D eigenvalue weighted by molar-refractivity contribution is 0.0939. The lowest BCUT2D eigenvalue weighted by Crippen LogP contribution is -2.31. The zero-order chi connectivity index (χ0) is 25.7. The highest BCUT2D eigenvalue weighted by Crippen LogP contribution is 2.30. The Balaban J connectivity index is 1.75. The molecule has 0 spiro atoms. The first kappa shape index (κ1) is 24.7. The molecule has 3 aromatic carbocycles. The summed E-state index contributed by atoms with van der Waals surface area (Å²) in [5.74, 6) is 0.721. The predicted octanol–water partition coefficient (Wildman–Crippen LogP) is 5.91. The SMILES string of the molecule is CC[C@H](C)NC(=O)c1cccc(Nc2c(Oc3cc(C)cc(C)c3)cnn(-c3ccccc3)c2=O)c1. The molecule has 0 saturated heterocycles. The Morgan fingerprint density at radius 2 is 1.72 bits per heavy atom. The average Bonchev–Trinajstić information content (AvgIpc) is 2.86. The van der Waals surface area contributed by atoms with Gasteiger partial charge in [0.05, 0.1) is 11.9 Å². The van der Waals surface area contributed by atoms with E-state index in [9.17, 15) is 9.59 Å². The lowest BCUT2D eigenvalue weighted by atomic mass is 10.1. The van der Waals surface area contributed by atoms with Gasteiger partial charge >= 0.3 is 0 Å². The molecule has 0 aliphatic heterocycles. The van der Waals surface area contributed by atoms with Gasteiger partial charge in [-0.1, -0.05) is 37.3 Å². The molecule has 0 radical (unpaired) electrons. The maximum atomic E-state index is 13.6. The number of hydrogen-bond donors (Lipinski definition) is 2. The number of ether oxygens (including phenoxy) is 1. The van der Waals surface area contributed by atoms with Crippen LogP contribution in [-0.2, 0) is 0 Å². The molecule has 0 aliphatic carbocycles. The Morgan fingerprint density at radius 1 is 1.00 bits per heavy atom. The fraction of sp³-hybridized carbons (Fsp3) is 0.207. The van der Waals surface area contributed by atoms with E-state index in [2.05, 4.69) is 15.7 Å². The van der Waals surface area contributed by atoms with Gasteiger partial charge in [0.25, 0.3) is 11.5 Å². The number of para-hydroxylation sites is 1. The molecule has 0 unspecified atom stereocenters. The van der Waals surface area contributed by atoms with Crippen LogP contribution in [0, 0.1) is 13.8 Å². The molecular weight excluding hydrogens is 452 g/mol. The van der Waals surface area contributed by atoms with Crippen LogP contribution in [-0.4, -0.2) is 21.7 Å². The maximum Gasteiger partial charge on any atom is 0.299 e. The summed E-state index contributed by atoms with van der Waals surface area (Å²) < 4.78 is 7.46. The van der Waals surface area contributed by atoms with Gasteiger partial charge < -0.3 is 15.4 Å². The molecule has 0 saturated carbocycles. The highest BCUT2D eigenvalue weighted by atomic mass is 16.5. The highest BCUT2D eigenvalue weighted by molar-refractivity contribution is 5.95. The van der Waals surface area contributed by atoms with Crippen molar-refractivity contribution in [2.24, 2.45) is 0 Å². The fourth-order valence-electron chi connectivity index (χ4n) is 3.79. The molecule has 1 aromatic heterocycles. The quantitative estimate of drug-likeness (QED) is 0.326. The Kier molecular flexibility index (Phi) is 7.49. The van der Waals surface area contributed by atoms with Crippen LogP contribution >= 0.6 is 0 Å². The van der Waals surface area contributed by atoms with Crippen molar-refractivity contribution in [3.63, 3.8) is 0 Å². The van der Waals surface area contributed by atoms with E-state index >= 15 is 0 Å². The third-order valence-corrected chi connectivity index (χ3v) is 5.75. The number of anilines is 2. The summed E-state index contributed by atoms with van der Waals surface area (Å²) in [6.45, 7) is 7.95. The molecule has 7 heteroatoms. The molecule has 4 rings (SSSR count). The fourth-order valence-corrected chi connectivity index (χ4v) is 3.79. The molecule has 0 bridgehead atoms. The largest absolute Gasteiger partial charge is 0.453 e. The molecular formula is C29H30N4O3. The van der Waals surface area contributed by atoms with Gasteiger partial charge in [0.1, 0.15) is 5.75 Å². The van der Waals surface area contributed by atoms with Gasteiger partial charge in [-0.25, -0.2) is 0 Å². The minimum Gasteiger partial charge on any atom is -0.453 e. The van der Waals surface area contributed by atoms with E-state index < -0.39 is 0 Å². The van der Waals surface area contributed by atoms with Crippen molar-refractivity contribution >= 4 is 17.3 Å². The van der Waals surface area contributed by atoms with Gasteiger partial charge in [-0.2, -0.15) is 9.78 Å². The molecule has 0 aliphatic rings. The Hall–Kier alpha value is -4.39. The second-order valence-corrected chi connectivity index (χ2v) is 8.85. The van der Waals surface area contributed by atoms with E-state index in [0.717, 1.165) is 17.5 Å². The first-order valence-corrected chi connectivity index (χ1v) is 12.0. The zero-order valence-corrected chi connectivity index (χ0v) is 20.9.